The van der Waals surface area contributed by atoms with Crippen LogP contribution in [0.3, 0.4) is 0 Å². The van der Waals surface area contributed by atoms with Crippen molar-refractivity contribution in [3.8, 4) is 0 Å². The number of para-hydroxylation sites is 1. The Morgan fingerprint density at radius 1 is 0.897 bits per heavy atom. The molecule has 1 amide bonds. The maximum atomic E-state index is 14.0. The van der Waals surface area contributed by atoms with Crippen molar-refractivity contribution >= 4 is 23.0 Å². The second kappa shape index (κ2) is 8.26. The molecule has 0 aliphatic carbocycles. The molecule has 1 saturated heterocycles. The molecule has 0 bridgehead atoms. The molecule has 0 saturated carbocycles. The standard InChI is InChI=1S/C22H20F2N4O/c23-17-4-3-5-18(13-17)26-19-12-16(14-25-15-19)22(29)28-10-8-27(9-11-28)21-7-2-1-6-20(21)24/h1-7,12-15,26H,8-11H2. The molecule has 1 fully saturated rings. The van der Waals surface area contributed by atoms with Gasteiger partial charge in [0.2, 0.25) is 0 Å². The molecule has 0 radical (unpaired) electrons. The number of hydrogen-bond donors (Lipinski definition) is 1. The molecule has 2 heterocycles. The molecule has 0 spiro atoms. The first-order chi connectivity index (χ1) is 14.1. The number of pyridine rings is 1. The summed E-state index contributed by atoms with van der Waals surface area (Å²) in [7, 11) is 0. The summed E-state index contributed by atoms with van der Waals surface area (Å²) in [5.41, 5.74) is 2.19. The topological polar surface area (TPSA) is 48.5 Å². The van der Waals surface area contributed by atoms with Crippen molar-refractivity contribution in [1.29, 1.82) is 0 Å². The quantitative estimate of drug-likeness (QED) is 0.725. The van der Waals surface area contributed by atoms with Gasteiger partial charge in [0.1, 0.15) is 11.6 Å². The molecule has 0 unspecified atom stereocenters. The zero-order valence-electron chi connectivity index (χ0n) is 15.7. The van der Waals surface area contributed by atoms with Crippen molar-refractivity contribution in [3.63, 3.8) is 0 Å². The predicted octanol–water partition coefficient (Wildman–Crippen LogP) is 4.07. The summed E-state index contributed by atoms with van der Waals surface area (Å²) in [5.74, 6) is -0.732. The van der Waals surface area contributed by atoms with Gasteiger partial charge in [0, 0.05) is 38.1 Å². The predicted molar refractivity (Wildman–Crippen MR) is 108 cm³/mol. The summed E-state index contributed by atoms with van der Waals surface area (Å²) in [5, 5.41) is 3.05. The minimum absolute atomic E-state index is 0.131. The molecule has 4 rings (SSSR count). The molecular weight excluding hydrogens is 374 g/mol. The molecule has 148 valence electrons. The summed E-state index contributed by atoms with van der Waals surface area (Å²) < 4.78 is 27.3. The lowest BCUT2D eigenvalue weighted by molar-refractivity contribution is 0.0746. The van der Waals surface area contributed by atoms with Gasteiger partial charge < -0.3 is 15.1 Å². The largest absolute Gasteiger partial charge is 0.366 e. The molecular formula is C22H20F2N4O. The number of rotatable bonds is 4. The van der Waals surface area contributed by atoms with Crippen molar-refractivity contribution < 1.29 is 13.6 Å². The zero-order valence-corrected chi connectivity index (χ0v) is 15.7. The fourth-order valence-corrected chi connectivity index (χ4v) is 3.40. The van der Waals surface area contributed by atoms with E-state index in [1.54, 1.807) is 47.5 Å². The third-order valence-corrected chi connectivity index (χ3v) is 4.86. The van der Waals surface area contributed by atoms with Crippen molar-refractivity contribution in [1.82, 2.24) is 9.88 Å². The highest BCUT2D eigenvalue weighted by Crippen LogP contribution is 2.22. The Balaban J connectivity index is 1.42. The number of nitrogens with zero attached hydrogens (tertiary/aromatic N) is 3. The second-order valence-corrected chi connectivity index (χ2v) is 6.83. The molecule has 1 N–H and O–H groups in total. The van der Waals surface area contributed by atoms with E-state index in [1.165, 1.54) is 24.4 Å². The van der Waals surface area contributed by atoms with Crippen LogP contribution in [0.5, 0.6) is 0 Å². The number of amides is 1. The Bertz CT molecular complexity index is 1020. The van der Waals surface area contributed by atoms with E-state index in [2.05, 4.69) is 10.3 Å². The number of piperazine rings is 1. The first kappa shape index (κ1) is 18.9. The van der Waals surface area contributed by atoms with Crippen LogP contribution in [0.1, 0.15) is 10.4 Å². The van der Waals surface area contributed by atoms with E-state index in [1.807, 2.05) is 4.90 Å². The lowest BCUT2D eigenvalue weighted by atomic mass is 10.2. The van der Waals surface area contributed by atoms with Crippen molar-refractivity contribution in [3.05, 3.63) is 84.2 Å². The second-order valence-electron chi connectivity index (χ2n) is 6.83. The monoisotopic (exact) mass is 394 g/mol. The normalized spacial score (nSPS) is 14.0. The van der Waals surface area contributed by atoms with Crippen molar-refractivity contribution in [2.24, 2.45) is 0 Å². The van der Waals surface area contributed by atoms with Crippen LogP contribution in [0.4, 0.5) is 25.8 Å². The van der Waals surface area contributed by atoms with E-state index in [4.69, 9.17) is 0 Å². The van der Waals surface area contributed by atoms with Gasteiger partial charge in [0.25, 0.3) is 5.91 Å². The molecule has 1 aliphatic heterocycles. The number of benzene rings is 2. The smallest absolute Gasteiger partial charge is 0.255 e. The summed E-state index contributed by atoms with van der Waals surface area (Å²) in [4.78, 5) is 20.7. The van der Waals surface area contributed by atoms with Crippen LogP contribution in [0.15, 0.2) is 67.0 Å². The first-order valence-corrected chi connectivity index (χ1v) is 9.36. The third kappa shape index (κ3) is 4.34. The third-order valence-electron chi connectivity index (χ3n) is 4.86. The molecule has 1 aromatic heterocycles. The summed E-state index contributed by atoms with van der Waals surface area (Å²) in [6.07, 6.45) is 3.10. The van der Waals surface area contributed by atoms with Crippen molar-refractivity contribution in [2.45, 2.75) is 0 Å². The number of aromatic nitrogens is 1. The maximum absolute atomic E-state index is 14.0. The maximum Gasteiger partial charge on any atom is 0.255 e. The van der Waals surface area contributed by atoms with Gasteiger partial charge in [0.05, 0.1) is 23.1 Å². The van der Waals surface area contributed by atoms with Crippen LogP contribution in [0.2, 0.25) is 0 Å². The first-order valence-electron chi connectivity index (χ1n) is 9.36. The number of nitrogens with one attached hydrogen (secondary N) is 1. The van der Waals surface area contributed by atoms with E-state index >= 15 is 0 Å². The number of hydrogen-bond acceptors (Lipinski definition) is 4. The molecule has 3 aromatic rings. The Morgan fingerprint density at radius 3 is 2.45 bits per heavy atom. The summed E-state index contributed by atoms with van der Waals surface area (Å²) in [6, 6.07) is 14.4. The fraction of sp³-hybridized carbons (Fsp3) is 0.182. The van der Waals surface area contributed by atoms with Crippen LogP contribution in [-0.2, 0) is 0 Å². The van der Waals surface area contributed by atoms with Gasteiger partial charge in [-0.05, 0) is 36.4 Å². The summed E-state index contributed by atoms with van der Waals surface area (Å²) in [6.45, 7) is 2.10. The summed E-state index contributed by atoms with van der Waals surface area (Å²) >= 11 is 0. The number of halogens is 2. The van der Waals surface area contributed by atoms with E-state index in [0.29, 0.717) is 48.8 Å². The van der Waals surface area contributed by atoms with Gasteiger partial charge in [-0.3, -0.25) is 9.78 Å². The molecule has 1 aliphatic rings. The number of carbonyl (C=O) groups is 1. The van der Waals surface area contributed by atoms with E-state index in [0.717, 1.165) is 0 Å². The Morgan fingerprint density at radius 2 is 1.69 bits per heavy atom. The van der Waals surface area contributed by atoms with Gasteiger partial charge in [-0.15, -0.1) is 0 Å². The lowest BCUT2D eigenvalue weighted by Crippen LogP contribution is -2.49. The highest BCUT2D eigenvalue weighted by atomic mass is 19.1. The SMILES string of the molecule is O=C(c1cncc(Nc2cccc(F)c2)c1)N1CCN(c2ccccc2F)CC1. The van der Waals surface area contributed by atoms with Crippen LogP contribution >= 0.6 is 0 Å². The van der Waals surface area contributed by atoms with Crippen molar-refractivity contribution in [2.75, 3.05) is 36.4 Å². The van der Waals surface area contributed by atoms with E-state index in [-0.39, 0.29) is 17.5 Å². The van der Waals surface area contributed by atoms with Crippen LogP contribution in [0, 0.1) is 11.6 Å². The van der Waals surface area contributed by atoms with Gasteiger partial charge in [0.15, 0.2) is 0 Å². The fourth-order valence-electron chi connectivity index (χ4n) is 3.40. The van der Waals surface area contributed by atoms with Crippen LogP contribution in [0.25, 0.3) is 0 Å². The van der Waals surface area contributed by atoms with Crippen LogP contribution in [-0.4, -0.2) is 42.0 Å². The van der Waals surface area contributed by atoms with Gasteiger partial charge in [-0.25, -0.2) is 8.78 Å². The lowest BCUT2D eigenvalue weighted by Gasteiger charge is -2.36. The molecule has 0 atom stereocenters. The van der Waals surface area contributed by atoms with Gasteiger partial charge in [-0.2, -0.15) is 0 Å². The average molecular weight is 394 g/mol. The van der Waals surface area contributed by atoms with Gasteiger partial charge in [-0.1, -0.05) is 18.2 Å². The number of anilines is 3. The average Bonchev–Trinajstić information content (AvgIpc) is 2.74. The molecule has 29 heavy (non-hydrogen) atoms. The van der Waals surface area contributed by atoms with E-state index < -0.39 is 0 Å². The van der Waals surface area contributed by atoms with Crippen LogP contribution < -0.4 is 10.2 Å². The van der Waals surface area contributed by atoms with E-state index in [9.17, 15) is 13.6 Å². The number of carbonyl (C=O) groups excluding carboxylic acids is 1. The highest BCUT2D eigenvalue weighted by Gasteiger charge is 2.24. The Labute approximate surface area is 167 Å². The minimum Gasteiger partial charge on any atom is -0.366 e. The minimum atomic E-state index is -0.345. The van der Waals surface area contributed by atoms with Gasteiger partial charge >= 0.3 is 0 Å². The highest BCUT2D eigenvalue weighted by molar-refractivity contribution is 5.95. The Kier molecular flexibility index (Phi) is 5.37. The molecule has 2 aromatic carbocycles. The molecule has 5 nitrogen and oxygen atoms in total. The zero-order chi connectivity index (χ0) is 20.2. The Hall–Kier alpha value is -3.48. The molecule has 7 heteroatoms.